The van der Waals surface area contributed by atoms with Crippen molar-refractivity contribution in [3.05, 3.63) is 40.3 Å². The summed E-state index contributed by atoms with van der Waals surface area (Å²) in [5.41, 5.74) is 5.38. The molecule has 13 heavy (non-hydrogen) atoms. The Kier molecular flexibility index (Phi) is 2.49. The van der Waals surface area contributed by atoms with Crippen LogP contribution in [-0.4, -0.2) is 11.8 Å². The molecule has 1 rings (SSSR count). The zero-order valence-electron chi connectivity index (χ0n) is 6.56. The lowest BCUT2D eigenvalue weighted by Gasteiger charge is -1.95. The van der Waals surface area contributed by atoms with Crippen LogP contribution in [-0.2, 0) is 0 Å². The van der Waals surface area contributed by atoms with Crippen molar-refractivity contribution in [2.75, 3.05) is 0 Å². The normalized spacial score (nSPS) is 9.23. The maximum absolute atomic E-state index is 10.7. The number of rotatable bonds is 2. The summed E-state index contributed by atoms with van der Waals surface area (Å²) in [5.74, 6) is -1.45. The first-order chi connectivity index (χ1) is 6.15. The number of nitroso groups, excluding NO2 is 1. The molecule has 0 unspecified atom stereocenters. The van der Waals surface area contributed by atoms with Gasteiger partial charge in [-0.25, -0.2) is 0 Å². The van der Waals surface area contributed by atoms with E-state index in [1.54, 1.807) is 0 Å². The van der Waals surface area contributed by atoms with Crippen molar-refractivity contribution in [2.24, 2.45) is 10.9 Å². The summed E-state index contributed by atoms with van der Waals surface area (Å²) < 4.78 is 0. The number of carbonyl (C=O) groups is 2. The Labute approximate surface area is 73.5 Å². The molecule has 0 aliphatic heterocycles. The van der Waals surface area contributed by atoms with Crippen molar-refractivity contribution < 1.29 is 9.59 Å². The Morgan fingerprint density at radius 3 is 1.92 bits per heavy atom. The van der Waals surface area contributed by atoms with Crippen LogP contribution in [0.4, 0.5) is 0 Å². The summed E-state index contributed by atoms with van der Waals surface area (Å²) in [4.78, 5) is 31.1. The van der Waals surface area contributed by atoms with Crippen LogP contribution in [0.3, 0.4) is 0 Å². The van der Waals surface area contributed by atoms with Gasteiger partial charge in [-0.15, -0.1) is 4.91 Å². The minimum absolute atomic E-state index is 0.139. The summed E-state index contributed by atoms with van der Waals surface area (Å²) in [5, 5.41) is 2.23. The molecule has 0 saturated heterocycles. The highest BCUT2D eigenvalue weighted by molar-refractivity contribution is 5.97. The molecule has 5 heteroatoms. The van der Waals surface area contributed by atoms with Gasteiger partial charge in [0.05, 0.1) is 0 Å². The van der Waals surface area contributed by atoms with Crippen LogP contribution >= 0.6 is 0 Å². The average Bonchev–Trinajstić information content (AvgIpc) is 2.17. The molecule has 2 amide bonds. The van der Waals surface area contributed by atoms with Gasteiger partial charge in [0, 0.05) is 16.3 Å². The van der Waals surface area contributed by atoms with E-state index in [9.17, 15) is 14.5 Å². The van der Waals surface area contributed by atoms with Crippen molar-refractivity contribution in [3.8, 4) is 0 Å². The zero-order chi connectivity index (χ0) is 9.84. The number of hydrogen-bond donors (Lipinski definition) is 1. The average molecular weight is 178 g/mol. The van der Waals surface area contributed by atoms with E-state index in [1.807, 2.05) is 0 Å². The lowest BCUT2D eigenvalue weighted by molar-refractivity contribution is 0.0988. The highest BCUT2D eigenvalue weighted by Gasteiger charge is 2.05. The minimum Gasteiger partial charge on any atom is -0.366 e. The van der Waals surface area contributed by atoms with Crippen molar-refractivity contribution in [1.29, 1.82) is 0 Å². The lowest BCUT2D eigenvalue weighted by Crippen LogP contribution is -2.10. The molecule has 0 spiro atoms. The number of nitrogens with two attached hydrogens (primary N) is 1. The fraction of sp³-hybridized carbons (Fsp3) is 0. The monoisotopic (exact) mass is 178 g/mol. The van der Waals surface area contributed by atoms with E-state index in [0.29, 0.717) is 0 Å². The third-order valence-corrected chi connectivity index (χ3v) is 1.50. The molecule has 0 aromatic heterocycles. The van der Waals surface area contributed by atoms with E-state index >= 15 is 0 Å². The van der Waals surface area contributed by atoms with Gasteiger partial charge in [0.25, 0.3) is 0 Å². The predicted octanol–water partition coefficient (Wildman–Crippen LogP) is 0.692. The van der Waals surface area contributed by atoms with Crippen LogP contribution in [0.15, 0.2) is 29.4 Å². The van der Waals surface area contributed by atoms with E-state index < -0.39 is 11.8 Å². The zero-order valence-corrected chi connectivity index (χ0v) is 6.56. The van der Waals surface area contributed by atoms with Gasteiger partial charge in [-0.1, -0.05) is 0 Å². The number of carbonyl (C=O) groups excluding carboxylic acids is 2. The molecule has 0 aliphatic carbocycles. The lowest BCUT2D eigenvalue weighted by atomic mass is 10.1. The summed E-state index contributed by atoms with van der Waals surface area (Å²) in [7, 11) is 0. The van der Waals surface area contributed by atoms with Crippen LogP contribution in [0.1, 0.15) is 20.7 Å². The molecular formula is C8H6N2O3. The number of nitrogens with zero attached hydrogens (tertiary/aromatic N) is 1. The molecular weight excluding hydrogens is 172 g/mol. The smallest absolute Gasteiger partial charge is 0.316 e. The second-order valence-corrected chi connectivity index (χ2v) is 2.34. The molecule has 0 saturated carbocycles. The molecule has 0 heterocycles. The minimum atomic E-state index is -0.865. The Morgan fingerprint density at radius 2 is 1.54 bits per heavy atom. The summed E-state index contributed by atoms with van der Waals surface area (Å²) in [6, 6.07) is 5.37. The number of hydrogen-bond acceptors (Lipinski definition) is 3. The predicted molar refractivity (Wildman–Crippen MR) is 45.1 cm³/mol. The van der Waals surface area contributed by atoms with Gasteiger partial charge in [-0.2, -0.15) is 0 Å². The second-order valence-electron chi connectivity index (χ2n) is 2.34. The van der Waals surface area contributed by atoms with Gasteiger partial charge < -0.3 is 5.73 Å². The Balaban J connectivity index is 3.00. The summed E-state index contributed by atoms with van der Waals surface area (Å²) in [6.45, 7) is 0. The largest absolute Gasteiger partial charge is 0.366 e. The maximum Gasteiger partial charge on any atom is 0.316 e. The number of primary amides is 1. The number of benzene rings is 1. The second kappa shape index (κ2) is 3.57. The standard InChI is InChI=1S/C8H6N2O3/c9-7(11)5-1-3-6(4-2-5)8(12)10-13/h1-4H,(H2,9,11). The quantitative estimate of drug-likeness (QED) is 0.675. The van der Waals surface area contributed by atoms with Crippen LogP contribution in [0.5, 0.6) is 0 Å². The van der Waals surface area contributed by atoms with Crippen LogP contribution < -0.4 is 5.73 Å². The van der Waals surface area contributed by atoms with Crippen molar-refractivity contribution in [2.45, 2.75) is 0 Å². The van der Waals surface area contributed by atoms with Gasteiger partial charge in [0.1, 0.15) is 0 Å². The van der Waals surface area contributed by atoms with Crippen molar-refractivity contribution in [1.82, 2.24) is 0 Å². The van der Waals surface area contributed by atoms with E-state index in [-0.39, 0.29) is 11.1 Å². The molecule has 0 bridgehead atoms. The molecule has 1 aromatic carbocycles. The maximum atomic E-state index is 10.7. The van der Waals surface area contributed by atoms with E-state index in [1.165, 1.54) is 24.3 Å². The Hall–Kier alpha value is -2.04. The van der Waals surface area contributed by atoms with Crippen LogP contribution in [0, 0.1) is 4.91 Å². The fourth-order valence-electron chi connectivity index (χ4n) is 0.830. The van der Waals surface area contributed by atoms with Crippen molar-refractivity contribution in [3.63, 3.8) is 0 Å². The molecule has 0 atom stereocenters. The third-order valence-electron chi connectivity index (χ3n) is 1.50. The van der Waals surface area contributed by atoms with Gasteiger partial charge in [0.15, 0.2) is 0 Å². The molecule has 5 nitrogen and oxygen atoms in total. The van der Waals surface area contributed by atoms with Gasteiger partial charge in [0.2, 0.25) is 5.91 Å². The van der Waals surface area contributed by atoms with Gasteiger partial charge in [-0.05, 0) is 24.3 Å². The SMILES string of the molecule is NC(=O)c1ccc(C(=O)N=O)cc1. The first-order valence-electron chi connectivity index (χ1n) is 3.42. The molecule has 66 valence electrons. The van der Waals surface area contributed by atoms with E-state index in [0.717, 1.165) is 0 Å². The first-order valence-corrected chi connectivity index (χ1v) is 3.42. The fourth-order valence-corrected chi connectivity index (χ4v) is 0.830. The Morgan fingerprint density at radius 1 is 1.08 bits per heavy atom. The first kappa shape index (κ1) is 9.05. The van der Waals surface area contributed by atoms with Crippen LogP contribution in [0.2, 0.25) is 0 Å². The molecule has 0 radical (unpaired) electrons. The molecule has 0 aliphatic rings. The van der Waals surface area contributed by atoms with E-state index in [4.69, 9.17) is 5.73 Å². The molecule has 1 aromatic rings. The van der Waals surface area contributed by atoms with E-state index in [2.05, 4.69) is 5.18 Å². The summed E-state index contributed by atoms with van der Waals surface area (Å²) >= 11 is 0. The Bertz CT molecular complexity index is 356. The third kappa shape index (κ3) is 1.96. The highest BCUT2D eigenvalue weighted by atomic mass is 16.3. The number of amides is 2. The molecule has 2 N–H and O–H groups in total. The van der Waals surface area contributed by atoms with Gasteiger partial charge in [-0.3, -0.25) is 9.59 Å². The van der Waals surface area contributed by atoms with Crippen LogP contribution in [0.25, 0.3) is 0 Å². The summed E-state index contributed by atoms with van der Waals surface area (Å²) in [6.07, 6.45) is 0. The molecule has 0 fully saturated rings. The van der Waals surface area contributed by atoms with Gasteiger partial charge >= 0.3 is 5.91 Å². The highest BCUT2D eigenvalue weighted by Crippen LogP contribution is 2.04. The van der Waals surface area contributed by atoms with Crippen molar-refractivity contribution >= 4 is 11.8 Å². The topological polar surface area (TPSA) is 89.6 Å².